The molecule has 0 saturated carbocycles. The second kappa shape index (κ2) is 11.9. The van der Waals surface area contributed by atoms with Crippen molar-refractivity contribution in [1.29, 1.82) is 5.26 Å². The molecule has 33 heavy (non-hydrogen) atoms. The van der Waals surface area contributed by atoms with Gasteiger partial charge in [0, 0.05) is 38.3 Å². The van der Waals surface area contributed by atoms with Crippen LogP contribution in [0.3, 0.4) is 0 Å². The van der Waals surface area contributed by atoms with E-state index >= 15 is 0 Å². The maximum absolute atomic E-state index is 13.2. The van der Waals surface area contributed by atoms with Gasteiger partial charge >= 0.3 is 0 Å². The highest BCUT2D eigenvalue weighted by Crippen LogP contribution is 2.37. The molecule has 0 radical (unpaired) electrons. The summed E-state index contributed by atoms with van der Waals surface area (Å²) in [6, 6.07) is 13.2. The first-order chi connectivity index (χ1) is 15.9. The average molecular weight is 470 g/mol. The monoisotopic (exact) mass is 469 g/mol. The molecule has 1 saturated heterocycles. The Kier molecular flexibility index (Phi) is 8.99. The first-order valence-corrected chi connectivity index (χ1v) is 11.8. The van der Waals surface area contributed by atoms with Crippen LogP contribution in [-0.2, 0) is 6.54 Å². The fourth-order valence-electron chi connectivity index (χ4n) is 3.84. The van der Waals surface area contributed by atoms with Crippen LogP contribution in [0.1, 0.15) is 48.2 Å². The van der Waals surface area contributed by atoms with Crippen molar-refractivity contribution in [2.24, 2.45) is 5.92 Å². The highest BCUT2D eigenvalue weighted by Gasteiger charge is 2.23. The third-order valence-corrected chi connectivity index (χ3v) is 6.06. The molecule has 1 aliphatic rings. The van der Waals surface area contributed by atoms with Gasteiger partial charge in [-0.05, 0) is 48.6 Å². The molecular weight excluding hydrogens is 438 g/mol. The number of nitrogens with zero attached hydrogens (tertiary/aromatic N) is 3. The lowest BCUT2D eigenvalue weighted by atomic mass is 10.1. The van der Waals surface area contributed by atoms with Crippen molar-refractivity contribution < 1.29 is 14.3 Å². The quantitative estimate of drug-likeness (QED) is 0.544. The van der Waals surface area contributed by atoms with Crippen molar-refractivity contribution in [1.82, 2.24) is 9.80 Å². The zero-order valence-corrected chi connectivity index (χ0v) is 20.4. The molecule has 2 aromatic rings. The molecule has 0 bridgehead atoms. The number of nitriles is 1. The number of hydrogen-bond donors (Lipinski definition) is 0. The van der Waals surface area contributed by atoms with E-state index in [4.69, 9.17) is 26.3 Å². The van der Waals surface area contributed by atoms with E-state index in [0.29, 0.717) is 53.3 Å². The summed E-state index contributed by atoms with van der Waals surface area (Å²) in [6.45, 7) is 8.64. The molecule has 1 fully saturated rings. The zero-order chi connectivity index (χ0) is 23.8. The van der Waals surface area contributed by atoms with Crippen LogP contribution < -0.4 is 9.47 Å². The third-order valence-electron chi connectivity index (χ3n) is 5.78. The van der Waals surface area contributed by atoms with Crippen LogP contribution in [0, 0.1) is 17.2 Å². The molecule has 0 N–H and O–H groups in total. The fourth-order valence-corrected chi connectivity index (χ4v) is 4.10. The highest BCUT2D eigenvalue weighted by atomic mass is 35.5. The number of amides is 1. The van der Waals surface area contributed by atoms with Gasteiger partial charge in [-0.15, -0.1) is 0 Å². The van der Waals surface area contributed by atoms with Crippen molar-refractivity contribution >= 4 is 17.5 Å². The van der Waals surface area contributed by atoms with Gasteiger partial charge in [0.05, 0.1) is 30.4 Å². The predicted molar refractivity (Wildman–Crippen MR) is 130 cm³/mol. The van der Waals surface area contributed by atoms with Crippen LogP contribution in [0.4, 0.5) is 0 Å². The van der Waals surface area contributed by atoms with Crippen LogP contribution in [0.15, 0.2) is 36.4 Å². The minimum Gasteiger partial charge on any atom is -0.493 e. The Bertz CT molecular complexity index is 986. The normalized spacial score (nSPS) is 14.6. The Morgan fingerprint density at radius 2 is 1.91 bits per heavy atom. The Morgan fingerprint density at radius 3 is 2.58 bits per heavy atom. The van der Waals surface area contributed by atoms with E-state index in [0.717, 1.165) is 32.5 Å². The molecule has 6 nitrogen and oxygen atoms in total. The number of methoxy groups -OCH3 is 1. The lowest BCUT2D eigenvalue weighted by molar-refractivity contribution is 0.0760. The second-order valence-corrected chi connectivity index (χ2v) is 9.16. The smallest absolute Gasteiger partial charge is 0.254 e. The van der Waals surface area contributed by atoms with E-state index in [-0.39, 0.29) is 5.91 Å². The SMILES string of the molecule is COc1cc(C(=O)N2CCCN(Cc3ccc(C#N)cc3)CC2)cc(Cl)c1OCCC(C)C. The number of carbonyl (C=O) groups excluding carboxylic acids is 1. The van der Waals surface area contributed by atoms with Crippen molar-refractivity contribution in [2.45, 2.75) is 33.2 Å². The van der Waals surface area contributed by atoms with Crippen molar-refractivity contribution in [3.05, 3.63) is 58.1 Å². The average Bonchev–Trinajstić information content (AvgIpc) is 3.05. The minimum absolute atomic E-state index is 0.0517. The van der Waals surface area contributed by atoms with Gasteiger partial charge in [0.25, 0.3) is 5.91 Å². The van der Waals surface area contributed by atoms with Gasteiger partial charge in [-0.1, -0.05) is 37.6 Å². The molecular formula is C26H32ClN3O3. The van der Waals surface area contributed by atoms with Gasteiger partial charge in [0.1, 0.15) is 0 Å². The van der Waals surface area contributed by atoms with E-state index < -0.39 is 0 Å². The largest absolute Gasteiger partial charge is 0.493 e. The molecule has 0 aliphatic carbocycles. The highest BCUT2D eigenvalue weighted by molar-refractivity contribution is 6.32. The Morgan fingerprint density at radius 1 is 1.15 bits per heavy atom. The Balaban J connectivity index is 1.64. The van der Waals surface area contributed by atoms with Gasteiger partial charge in [0.15, 0.2) is 11.5 Å². The number of benzene rings is 2. The fraction of sp³-hybridized carbons (Fsp3) is 0.462. The molecule has 1 aliphatic heterocycles. The van der Waals surface area contributed by atoms with Gasteiger partial charge < -0.3 is 14.4 Å². The number of rotatable bonds is 8. The molecule has 2 aromatic carbocycles. The molecule has 176 valence electrons. The van der Waals surface area contributed by atoms with E-state index in [1.165, 1.54) is 5.56 Å². The van der Waals surface area contributed by atoms with Gasteiger partial charge in [0.2, 0.25) is 0 Å². The maximum atomic E-state index is 13.2. The van der Waals surface area contributed by atoms with Gasteiger partial charge in [-0.3, -0.25) is 9.69 Å². The van der Waals surface area contributed by atoms with Crippen molar-refractivity contribution in [3.63, 3.8) is 0 Å². The minimum atomic E-state index is -0.0517. The van der Waals surface area contributed by atoms with E-state index in [9.17, 15) is 4.79 Å². The lowest BCUT2D eigenvalue weighted by Gasteiger charge is -2.23. The summed E-state index contributed by atoms with van der Waals surface area (Å²) in [5, 5.41) is 9.35. The van der Waals surface area contributed by atoms with Crippen LogP contribution in [0.5, 0.6) is 11.5 Å². The molecule has 1 heterocycles. The van der Waals surface area contributed by atoms with Crippen LogP contribution >= 0.6 is 11.6 Å². The maximum Gasteiger partial charge on any atom is 0.254 e. The number of hydrogen-bond acceptors (Lipinski definition) is 5. The van der Waals surface area contributed by atoms with Crippen molar-refractivity contribution in [2.75, 3.05) is 39.9 Å². The molecule has 0 unspecified atom stereocenters. The summed E-state index contributed by atoms with van der Waals surface area (Å²) in [5.41, 5.74) is 2.34. The summed E-state index contributed by atoms with van der Waals surface area (Å²) >= 11 is 6.47. The summed E-state index contributed by atoms with van der Waals surface area (Å²) in [4.78, 5) is 17.5. The van der Waals surface area contributed by atoms with Crippen LogP contribution in [0.2, 0.25) is 5.02 Å². The molecule has 7 heteroatoms. The first kappa shape index (κ1) is 24.9. The zero-order valence-electron chi connectivity index (χ0n) is 19.6. The van der Waals surface area contributed by atoms with E-state index in [1.54, 1.807) is 19.2 Å². The Labute approximate surface area is 201 Å². The van der Waals surface area contributed by atoms with Gasteiger partial charge in [-0.25, -0.2) is 0 Å². The van der Waals surface area contributed by atoms with E-state index in [1.807, 2.05) is 29.2 Å². The summed E-state index contributed by atoms with van der Waals surface area (Å²) in [7, 11) is 1.56. The molecule has 0 spiro atoms. The predicted octanol–water partition coefficient (Wildman–Crippen LogP) is 4.99. The second-order valence-electron chi connectivity index (χ2n) is 8.75. The van der Waals surface area contributed by atoms with Crippen LogP contribution in [-0.4, -0.2) is 55.6 Å². The third kappa shape index (κ3) is 6.86. The number of carbonyl (C=O) groups is 1. The summed E-state index contributed by atoms with van der Waals surface area (Å²) in [6.07, 6.45) is 1.80. The molecule has 0 aromatic heterocycles. The standard InChI is InChI=1S/C26H32ClN3O3/c1-19(2)9-14-33-25-23(27)15-22(16-24(25)32-3)26(31)30-11-4-10-29(12-13-30)18-21-7-5-20(17-28)6-8-21/h5-8,15-16,19H,4,9-14,18H2,1-3H3. The van der Waals surface area contributed by atoms with Gasteiger partial charge in [-0.2, -0.15) is 5.26 Å². The van der Waals surface area contributed by atoms with Crippen LogP contribution in [0.25, 0.3) is 0 Å². The Hall–Kier alpha value is -2.75. The number of ether oxygens (including phenoxy) is 2. The lowest BCUT2D eigenvalue weighted by Crippen LogP contribution is -2.35. The topological polar surface area (TPSA) is 65.8 Å². The van der Waals surface area contributed by atoms with E-state index in [2.05, 4.69) is 24.8 Å². The molecule has 1 amide bonds. The van der Waals surface area contributed by atoms with Crippen molar-refractivity contribution in [3.8, 4) is 17.6 Å². The first-order valence-electron chi connectivity index (χ1n) is 11.4. The summed E-state index contributed by atoms with van der Waals surface area (Å²) in [5.74, 6) is 1.44. The molecule has 3 rings (SSSR count). The molecule has 0 atom stereocenters. The number of halogens is 1. The summed E-state index contributed by atoms with van der Waals surface area (Å²) < 4.78 is 11.3.